The van der Waals surface area contributed by atoms with E-state index in [2.05, 4.69) is 66.7 Å². The van der Waals surface area contributed by atoms with E-state index in [0.29, 0.717) is 45.1 Å². The van der Waals surface area contributed by atoms with Gasteiger partial charge in [-0.2, -0.15) is 0 Å². The highest BCUT2D eigenvalue weighted by molar-refractivity contribution is 8.00. The number of nitrogens with zero attached hydrogens (tertiary/aromatic N) is 2. The molecule has 0 saturated carbocycles. The summed E-state index contributed by atoms with van der Waals surface area (Å²) in [6.07, 6.45) is 2.81. The van der Waals surface area contributed by atoms with E-state index >= 15 is 0 Å². The number of carboxylic acids is 1. The minimum absolute atomic E-state index is 0.0993. The molecule has 0 spiro atoms. The minimum atomic E-state index is -0.958. The molecule has 1 N–H and O–H groups in total. The lowest BCUT2D eigenvalue weighted by Gasteiger charge is -2.24. The number of aliphatic carboxylic acids is 1. The van der Waals surface area contributed by atoms with Crippen LogP contribution in [0.25, 0.3) is 22.0 Å². The van der Waals surface area contributed by atoms with E-state index in [1.165, 1.54) is 0 Å². The number of carbonyl (C=O) groups is 1. The van der Waals surface area contributed by atoms with Crippen molar-refractivity contribution in [3.63, 3.8) is 0 Å². The molecular weight excluding hydrogens is 588 g/mol. The number of pyridine rings is 1. The molecule has 5 rings (SSSR count). The second-order valence-electron chi connectivity index (χ2n) is 13.3. The SMILES string of the molecule is COc1ccc(-c2ccc(Cn3c(CC(C)(C)C(=O)O)c(SC(C)(C)C)c4cc(OCCC5(C)OCCO5)ccc43)cc2)cn1. The first-order valence-electron chi connectivity index (χ1n) is 15.3. The summed E-state index contributed by atoms with van der Waals surface area (Å²) >= 11 is 1.77. The molecule has 0 unspecified atom stereocenters. The zero-order valence-corrected chi connectivity index (χ0v) is 28.1. The normalized spacial score (nSPS) is 15.0. The molecule has 0 atom stereocenters. The Balaban J connectivity index is 1.53. The number of methoxy groups -OCH3 is 1. The number of hydrogen-bond donors (Lipinski definition) is 1. The molecule has 4 aromatic rings. The minimum Gasteiger partial charge on any atom is -0.493 e. The van der Waals surface area contributed by atoms with Crippen molar-refractivity contribution in [1.29, 1.82) is 0 Å². The second kappa shape index (κ2) is 13.1. The number of fused-ring (bicyclic) bond motifs is 1. The van der Waals surface area contributed by atoms with Gasteiger partial charge in [0, 0.05) is 63.5 Å². The predicted octanol–water partition coefficient (Wildman–Crippen LogP) is 7.84. The Morgan fingerprint density at radius 2 is 1.71 bits per heavy atom. The van der Waals surface area contributed by atoms with Gasteiger partial charge in [-0.1, -0.05) is 45.0 Å². The average molecular weight is 633 g/mol. The number of ether oxygens (including phenoxy) is 4. The maximum atomic E-state index is 12.4. The van der Waals surface area contributed by atoms with Crippen LogP contribution >= 0.6 is 11.8 Å². The monoisotopic (exact) mass is 632 g/mol. The topological polar surface area (TPSA) is 92.0 Å². The van der Waals surface area contributed by atoms with Crippen molar-refractivity contribution in [3.8, 4) is 22.8 Å². The first kappa shape index (κ1) is 32.9. The van der Waals surface area contributed by atoms with E-state index in [1.807, 2.05) is 31.3 Å². The molecule has 0 amide bonds. The van der Waals surface area contributed by atoms with Crippen LogP contribution in [0.4, 0.5) is 0 Å². The molecule has 0 bridgehead atoms. The van der Waals surface area contributed by atoms with E-state index in [9.17, 15) is 9.90 Å². The fourth-order valence-corrected chi connectivity index (χ4v) is 6.61. The van der Waals surface area contributed by atoms with Crippen molar-refractivity contribution < 1.29 is 28.8 Å². The van der Waals surface area contributed by atoms with Crippen molar-refractivity contribution in [2.24, 2.45) is 5.41 Å². The van der Waals surface area contributed by atoms with Crippen LogP contribution in [0.1, 0.15) is 59.2 Å². The van der Waals surface area contributed by atoms with Crippen molar-refractivity contribution in [1.82, 2.24) is 9.55 Å². The Morgan fingerprint density at radius 1 is 1.02 bits per heavy atom. The third-order valence-electron chi connectivity index (χ3n) is 7.98. The smallest absolute Gasteiger partial charge is 0.309 e. The Bertz CT molecular complexity index is 1630. The zero-order chi connectivity index (χ0) is 32.4. The summed E-state index contributed by atoms with van der Waals surface area (Å²) < 4.78 is 25.1. The van der Waals surface area contributed by atoms with Crippen molar-refractivity contribution in [2.75, 3.05) is 26.9 Å². The van der Waals surface area contributed by atoms with Crippen LogP contribution in [-0.2, 0) is 27.2 Å². The summed E-state index contributed by atoms with van der Waals surface area (Å²) in [7, 11) is 1.61. The van der Waals surface area contributed by atoms with E-state index in [-0.39, 0.29) is 4.75 Å². The molecule has 1 saturated heterocycles. The van der Waals surface area contributed by atoms with Crippen LogP contribution in [-0.4, -0.2) is 58.1 Å². The van der Waals surface area contributed by atoms with Crippen molar-refractivity contribution >= 4 is 28.6 Å². The van der Waals surface area contributed by atoms with Gasteiger partial charge < -0.3 is 28.6 Å². The largest absolute Gasteiger partial charge is 0.493 e. The van der Waals surface area contributed by atoms with E-state index in [1.54, 1.807) is 32.7 Å². The quantitative estimate of drug-likeness (QED) is 0.158. The molecule has 8 nitrogen and oxygen atoms in total. The molecule has 3 heterocycles. The predicted molar refractivity (Wildman–Crippen MR) is 178 cm³/mol. The van der Waals surface area contributed by atoms with Gasteiger partial charge in [-0.3, -0.25) is 4.79 Å². The summed E-state index contributed by atoms with van der Waals surface area (Å²) in [5.74, 6) is -0.0958. The fraction of sp³-hybridized carbons (Fsp3) is 0.444. The summed E-state index contributed by atoms with van der Waals surface area (Å²) in [6.45, 7) is 14.3. The Morgan fingerprint density at radius 3 is 2.31 bits per heavy atom. The second-order valence-corrected chi connectivity index (χ2v) is 15.2. The Kier molecular flexibility index (Phi) is 9.54. The van der Waals surface area contributed by atoms with Gasteiger partial charge in [0.2, 0.25) is 5.88 Å². The third-order valence-corrected chi connectivity index (χ3v) is 9.26. The van der Waals surface area contributed by atoms with Gasteiger partial charge in [0.25, 0.3) is 0 Å². The van der Waals surface area contributed by atoms with Crippen molar-refractivity contribution in [2.45, 2.75) is 76.4 Å². The highest BCUT2D eigenvalue weighted by atomic mass is 32.2. The molecule has 240 valence electrons. The maximum absolute atomic E-state index is 12.4. The summed E-state index contributed by atoms with van der Waals surface area (Å²) in [4.78, 5) is 17.8. The van der Waals surface area contributed by atoms with E-state index in [4.69, 9.17) is 18.9 Å². The average Bonchev–Trinajstić information content (AvgIpc) is 3.54. The number of benzene rings is 2. The highest BCUT2D eigenvalue weighted by Crippen LogP contribution is 2.44. The molecule has 45 heavy (non-hydrogen) atoms. The van der Waals surface area contributed by atoms with Gasteiger partial charge >= 0.3 is 5.97 Å². The first-order chi connectivity index (χ1) is 21.3. The van der Waals surface area contributed by atoms with Gasteiger partial charge in [0.15, 0.2) is 5.79 Å². The number of hydrogen-bond acceptors (Lipinski definition) is 7. The molecule has 0 aliphatic carbocycles. The standard InChI is InChI=1S/C36H44N2O6S/c1-34(2,3)45-32-28-20-27(42-17-16-36(6)43-18-19-44-36)13-14-29(28)38(30(32)21-35(4,5)33(39)40)23-24-8-10-25(11-9-24)26-12-15-31(41-7)37-22-26/h8-15,20,22H,16-19,21,23H2,1-7H3,(H,39,40). The number of carboxylic acid groups (broad SMARTS) is 1. The highest BCUT2D eigenvalue weighted by Gasteiger charge is 2.33. The molecule has 1 aliphatic rings. The molecule has 1 fully saturated rings. The van der Waals surface area contributed by atoms with Crippen molar-refractivity contribution in [3.05, 3.63) is 72.1 Å². The van der Waals surface area contributed by atoms with Gasteiger partial charge in [-0.05, 0) is 56.2 Å². The van der Waals surface area contributed by atoms with Gasteiger partial charge in [0.05, 0.1) is 32.3 Å². The Labute approximate surface area is 270 Å². The lowest BCUT2D eigenvalue weighted by molar-refractivity contribution is -0.150. The lowest BCUT2D eigenvalue weighted by atomic mass is 9.88. The van der Waals surface area contributed by atoms with Crippen LogP contribution in [0.15, 0.2) is 65.7 Å². The zero-order valence-electron chi connectivity index (χ0n) is 27.3. The summed E-state index contributed by atoms with van der Waals surface area (Å²) in [5.41, 5.74) is 4.28. The third kappa shape index (κ3) is 7.83. The first-order valence-corrected chi connectivity index (χ1v) is 16.2. The molecule has 9 heteroatoms. The van der Waals surface area contributed by atoms with Crippen LogP contribution in [0.5, 0.6) is 11.6 Å². The summed E-state index contributed by atoms with van der Waals surface area (Å²) in [5, 5.41) is 11.2. The van der Waals surface area contributed by atoms with Crippen LogP contribution in [0.2, 0.25) is 0 Å². The molecule has 2 aromatic heterocycles. The number of aromatic nitrogens is 2. The molecular formula is C36H44N2O6S. The number of rotatable bonds is 12. The Hall–Kier alpha value is -3.53. The molecule has 0 radical (unpaired) electrons. The van der Waals surface area contributed by atoms with E-state index in [0.717, 1.165) is 43.9 Å². The van der Waals surface area contributed by atoms with Gasteiger partial charge in [-0.25, -0.2) is 4.98 Å². The van der Waals surface area contributed by atoms with Crippen LogP contribution in [0, 0.1) is 5.41 Å². The molecule has 1 aliphatic heterocycles. The van der Waals surface area contributed by atoms with E-state index < -0.39 is 17.2 Å². The van der Waals surface area contributed by atoms with Gasteiger partial charge in [0.1, 0.15) is 5.75 Å². The molecule has 2 aromatic carbocycles. The van der Waals surface area contributed by atoms with Gasteiger partial charge in [-0.15, -0.1) is 11.8 Å². The fourth-order valence-electron chi connectivity index (χ4n) is 5.43. The number of thioether (sulfide) groups is 1. The van der Waals surface area contributed by atoms with Crippen LogP contribution < -0.4 is 9.47 Å². The lowest BCUT2D eigenvalue weighted by Crippen LogP contribution is -2.28. The summed E-state index contributed by atoms with van der Waals surface area (Å²) in [6, 6.07) is 18.5. The maximum Gasteiger partial charge on any atom is 0.309 e. The van der Waals surface area contributed by atoms with Crippen LogP contribution in [0.3, 0.4) is 0 Å².